The Labute approximate surface area is 135 Å². The van der Waals surface area contributed by atoms with Gasteiger partial charge in [-0.25, -0.2) is 0 Å². The van der Waals surface area contributed by atoms with E-state index < -0.39 is 0 Å². The van der Waals surface area contributed by atoms with Crippen LogP contribution >= 0.6 is 43.2 Å². The summed E-state index contributed by atoms with van der Waals surface area (Å²) in [6.07, 6.45) is 3.51. The molecule has 1 aromatic rings. The molecule has 0 spiro atoms. The van der Waals surface area contributed by atoms with Crippen LogP contribution in [0.15, 0.2) is 14.3 Å². The summed E-state index contributed by atoms with van der Waals surface area (Å²) in [6.45, 7) is 6.37. The summed E-state index contributed by atoms with van der Waals surface area (Å²) in [5, 5.41) is 0. The second kappa shape index (κ2) is 6.72. The number of carbonyl (C=O) groups excluding carboxylic acids is 1. The first-order chi connectivity index (χ1) is 8.99. The minimum absolute atomic E-state index is 0.181. The number of thiophene rings is 1. The maximum Gasteiger partial charge on any atom is 0.264 e. The van der Waals surface area contributed by atoms with Gasteiger partial charge in [-0.15, -0.1) is 11.3 Å². The quantitative estimate of drug-likeness (QED) is 0.660. The van der Waals surface area contributed by atoms with Gasteiger partial charge in [-0.05, 0) is 69.0 Å². The Kier molecular flexibility index (Phi) is 5.49. The van der Waals surface area contributed by atoms with Crippen molar-refractivity contribution in [2.75, 3.05) is 13.1 Å². The molecule has 1 aliphatic rings. The first-order valence-corrected chi connectivity index (χ1v) is 9.13. The summed E-state index contributed by atoms with van der Waals surface area (Å²) in [7, 11) is 0. The molecule has 1 atom stereocenters. The van der Waals surface area contributed by atoms with Crippen LogP contribution in [0.4, 0.5) is 0 Å². The van der Waals surface area contributed by atoms with E-state index in [0.29, 0.717) is 0 Å². The highest BCUT2D eigenvalue weighted by Gasteiger charge is 2.24. The SMILES string of the molecule is CC(C)C1CCCN(C(=O)c2cc(Br)c(Br)s2)CC1. The Morgan fingerprint density at radius 2 is 2.11 bits per heavy atom. The van der Waals surface area contributed by atoms with Gasteiger partial charge in [0.25, 0.3) is 5.91 Å². The lowest BCUT2D eigenvalue weighted by molar-refractivity contribution is 0.0763. The highest BCUT2D eigenvalue weighted by Crippen LogP contribution is 2.33. The molecule has 1 saturated heterocycles. The highest BCUT2D eigenvalue weighted by molar-refractivity contribution is 9.13. The predicted octanol–water partition coefficient (Wildman–Crippen LogP) is 5.17. The van der Waals surface area contributed by atoms with Crippen molar-refractivity contribution in [3.8, 4) is 0 Å². The first-order valence-electron chi connectivity index (χ1n) is 6.73. The average molecular weight is 409 g/mol. The van der Waals surface area contributed by atoms with Gasteiger partial charge in [0.15, 0.2) is 0 Å². The van der Waals surface area contributed by atoms with Gasteiger partial charge < -0.3 is 4.90 Å². The van der Waals surface area contributed by atoms with Gasteiger partial charge in [0.05, 0.1) is 8.66 Å². The second-order valence-corrected chi connectivity index (χ2v) is 8.68. The van der Waals surface area contributed by atoms with E-state index in [9.17, 15) is 4.79 Å². The van der Waals surface area contributed by atoms with Crippen molar-refractivity contribution >= 4 is 49.1 Å². The molecule has 1 aliphatic heterocycles. The third-order valence-electron chi connectivity index (χ3n) is 3.86. The van der Waals surface area contributed by atoms with Gasteiger partial charge in [-0.1, -0.05) is 13.8 Å². The molecular formula is C14H19Br2NOS. The van der Waals surface area contributed by atoms with Gasteiger partial charge in [0.2, 0.25) is 0 Å². The molecule has 1 unspecified atom stereocenters. The fourth-order valence-corrected chi connectivity index (χ4v) is 4.60. The molecule has 2 heterocycles. The normalized spacial score (nSPS) is 20.7. The van der Waals surface area contributed by atoms with Crippen LogP contribution < -0.4 is 0 Å². The van der Waals surface area contributed by atoms with E-state index in [-0.39, 0.29) is 5.91 Å². The van der Waals surface area contributed by atoms with Crippen molar-refractivity contribution in [1.82, 2.24) is 4.90 Å². The lowest BCUT2D eigenvalue weighted by atomic mass is 9.89. The Morgan fingerprint density at radius 1 is 1.37 bits per heavy atom. The summed E-state index contributed by atoms with van der Waals surface area (Å²) in [5.41, 5.74) is 0. The van der Waals surface area contributed by atoms with Gasteiger partial charge in [-0.2, -0.15) is 0 Å². The van der Waals surface area contributed by atoms with Crippen molar-refractivity contribution in [3.63, 3.8) is 0 Å². The molecule has 0 aromatic carbocycles. The van der Waals surface area contributed by atoms with E-state index in [1.807, 2.05) is 11.0 Å². The number of halogens is 2. The zero-order valence-corrected chi connectivity index (χ0v) is 15.3. The van der Waals surface area contributed by atoms with Crippen LogP contribution in [0.5, 0.6) is 0 Å². The van der Waals surface area contributed by atoms with Crippen LogP contribution in [-0.2, 0) is 0 Å². The monoisotopic (exact) mass is 407 g/mol. The zero-order chi connectivity index (χ0) is 14.0. The topological polar surface area (TPSA) is 20.3 Å². The maximum absolute atomic E-state index is 12.5. The number of hydrogen-bond acceptors (Lipinski definition) is 2. The Morgan fingerprint density at radius 3 is 2.68 bits per heavy atom. The van der Waals surface area contributed by atoms with E-state index in [2.05, 4.69) is 45.7 Å². The molecule has 2 nitrogen and oxygen atoms in total. The first kappa shape index (κ1) is 15.5. The largest absolute Gasteiger partial charge is 0.338 e. The van der Waals surface area contributed by atoms with Crippen LogP contribution in [0.1, 0.15) is 42.8 Å². The molecule has 5 heteroatoms. The van der Waals surface area contributed by atoms with Crippen LogP contribution in [0, 0.1) is 11.8 Å². The van der Waals surface area contributed by atoms with Gasteiger partial charge in [0, 0.05) is 17.6 Å². The zero-order valence-electron chi connectivity index (χ0n) is 11.3. The molecule has 0 radical (unpaired) electrons. The summed E-state index contributed by atoms with van der Waals surface area (Å²) in [4.78, 5) is 15.3. The van der Waals surface area contributed by atoms with Gasteiger partial charge in [-0.3, -0.25) is 4.79 Å². The van der Waals surface area contributed by atoms with Crippen molar-refractivity contribution in [2.24, 2.45) is 11.8 Å². The molecule has 2 rings (SSSR count). The third kappa shape index (κ3) is 3.82. The molecule has 0 bridgehead atoms. The van der Waals surface area contributed by atoms with Crippen molar-refractivity contribution in [1.29, 1.82) is 0 Å². The van der Waals surface area contributed by atoms with E-state index in [0.717, 1.165) is 50.9 Å². The smallest absolute Gasteiger partial charge is 0.264 e. The summed E-state index contributed by atoms with van der Waals surface area (Å²) in [5.74, 6) is 1.67. The Bertz CT molecular complexity index is 439. The van der Waals surface area contributed by atoms with Crippen LogP contribution in [-0.4, -0.2) is 23.9 Å². The number of rotatable bonds is 2. The number of amides is 1. The lowest BCUT2D eigenvalue weighted by Crippen LogP contribution is -2.31. The number of nitrogens with zero attached hydrogens (tertiary/aromatic N) is 1. The van der Waals surface area contributed by atoms with Gasteiger partial charge in [0.1, 0.15) is 0 Å². The standard InChI is InChI=1S/C14H19Br2NOS/c1-9(2)10-4-3-6-17(7-5-10)14(18)12-8-11(15)13(16)19-12/h8-10H,3-7H2,1-2H3. The average Bonchev–Trinajstić information content (AvgIpc) is 2.59. The molecule has 19 heavy (non-hydrogen) atoms. The van der Waals surface area contributed by atoms with Crippen LogP contribution in [0.25, 0.3) is 0 Å². The van der Waals surface area contributed by atoms with E-state index in [1.54, 1.807) is 0 Å². The molecule has 1 amide bonds. The fraction of sp³-hybridized carbons (Fsp3) is 0.643. The minimum Gasteiger partial charge on any atom is -0.338 e. The van der Waals surface area contributed by atoms with Crippen LogP contribution in [0.2, 0.25) is 0 Å². The summed E-state index contributed by atoms with van der Waals surface area (Å²) < 4.78 is 1.96. The molecule has 0 aliphatic carbocycles. The number of carbonyl (C=O) groups is 1. The van der Waals surface area contributed by atoms with Gasteiger partial charge >= 0.3 is 0 Å². The van der Waals surface area contributed by atoms with Crippen molar-refractivity contribution in [2.45, 2.75) is 33.1 Å². The van der Waals surface area contributed by atoms with Crippen LogP contribution in [0.3, 0.4) is 0 Å². The number of hydrogen-bond donors (Lipinski definition) is 0. The molecule has 0 saturated carbocycles. The molecular weight excluding hydrogens is 390 g/mol. The Balaban J connectivity index is 2.04. The fourth-order valence-electron chi connectivity index (χ4n) is 2.60. The molecule has 106 valence electrons. The highest BCUT2D eigenvalue weighted by atomic mass is 79.9. The summed E-state index contributed by atoms with van der Waals surface area (Å²) in [6, 6.07) is 1.92. The Hall–Kier alpha value is 0.130. The predicted molar refractivity (Wildman–Crippen MR) is 87.8 cm³/mol. The maximum atomic E-state index is 12.5. The molecule has 1 aromatic heterocycles. The summed E-state index contributed by atoms with van der Waals surface area (Å²) >= 11 is 8.41. The second-order valence-electron chi connectivity index (χ2n) is 5.46. The molecule has 0 N–H and O–H groups in total. The molecule has 1 fully saturated rings. The number of likely N-dealkylation sites (tertiary alicyclic amines) is 1. The third-order valence-corrected chi connectivity index (χ3v) is 7.10. The van der Waals surface area contributed by atoms with E-state index >= 15 is 0 Å². The van der Waals surface area contributed by atoms with E-state index in [1.165, 1.54) is 17.8 Å². The van der Waals surface area contributed by atoms with E-state index in [4.69, 9.17) is 0 Å². The van der Waals surface area contributed by atoms with Crippen molar-refractivity contribution < 1.29 is 4.79 Å². The van der Waals surface area contributed by atoms with Crippen molar-refractivity contribution in [3.05, 3.63) is 19.2 Å². The lowest BCUT2D eigenvalue weighted by Gasteiger charge is -2.21. The minimum atomic E-state index is 0.181.